The Hall–Kier alpha value is -2.00. The van der Waals surface area contributed by atoms with Gasteiger partial charge in [-0.2, -0.15) is 0 Å². The minimum Gasteiger partial charge on any atom is -0.507 e. The fourth-order valence-corrected chi connectivity index (χ4v) is 2.95. The lowest BCUT2D eigenvalue weighted by molar-refractivity contribution is 0.0656. The summed E-state index contributed by atoms with van der Waals surface area (Å²) in [6.07, 6.45) is -0.179. The van der Waals surface area contributed by atoms with Crippen LogP contribution in [0, 0.1) is 20.8 Å². The average molecular weight is 284 g/mol. The Morgan fingerprint density at radius 3 is 2.38 bits per heavy atom. The van der Waals surface area contributed by atoms with E-state index in [9.17, 15) is 10.2 Å². The first kappa shape index (κ1) is 14.0. The molecule has 0 saturated carbocycles. The summed E-state index contributed by atoms with van der Waals surface area (Å²) < 4.78 is 6.05. The molecule has 0 spiro atoms. The quantitative estimate of drug-likeness (QED) is 0.835. The maximum atomic E-state index is 10.4. The van der Waals surface area contributed by atoms with Crippen molar-refractivity contribution in [3.63, 3.8) is 0 Å². The number of fused-ring (bicyclic) bond motifs is 1. The molecule has 1 heterocycles. The second kappa shape index (κ2) is 5.08. The monoisotopic (exact) mass is 284 g/mol. The second-order valence-corrected chi connectivity index (χ2v) is 5.90. The van der Waals surface area contributed by atoms with Gasteiger partial charge in [0.15, 0.2) is 0 Å². The van der Waals surface area contributed by atoms with Crippen LogP contribution in [0.5, 0.6) is 11.5 Å². The molecular formula is C18H20O3. The van der Waals surface area contributed by atoms with Crippen molar-refractivity contribution in [3.8, 4) is 11.5 Å². The molecule has 3 rings (SSSR count). The van der Waals surface area contributed by atoms with Gasteiger partial charge in [0, 0.05) is 12.0 Å². The number of rotatable bonds is 1. The summed E-state index contributed by atoms with van der Waals surface area (Å²) in [5, 5.41) is 20.3. The largest absolute Gasteiger partial charge is 0.507 e. The molecule has 0 saturated heterocycles. The lowest BCUT2D eigenvalue weighted by Crippen LogP contribution is -2.19. The zero-order valence-corrected chi connectivity index (χ0v) is 12.6. The maximum absolute atomic E-state index is 10.4. The number of benzene rings is 2. The molecule has 2 N–H and O–H groups in total. The molecule has 0 bridgehead atoms. The first-order chi connectivity index (χ1) is 9.95. The SMILES string of the molecule is Cc1ccc2c(c1)C(O)CC(c1cc(C)c(O)c(C)c1)O2. The Balaban J connectivity index is 1.98. The van der Waals surface area contributed by atoms with E-state index in [0.29, 0.717) is 12.2 Å². The number of aromatic hydroxyl groups is 1. The molecule has 2 aromatic rings. The highest BCUT2D eigenvalue weighted by Crippen LogP contribution is 2.42. The molecule has 3 nitrogen and oxygen atoms in total. The number of aryl methyl sites for hydroxylation is 3. The van der Waals surface area contributed by atoms with Crippen molar-refractivity contribution < 1.29 is 14.9 Å². The van der Waals surface area contributed by atoms with E-state index in [1.165, 1.54) is 0 Å². The number of phenols is 1. The van der Waals surface area contributed by atoms with E-state index in [2.05, 4.69) is 0 Å². The van der Waals surface area contributed by atoms with Crippen LogP contribution in [-0.4, -0.2) is 10.2 Å². The maximum Gasteiger partial charge on any atom is 0.127 e. The molecule has 2 atom stereocenters. The number of ether oxygens (including phenoxy) is 1. The summed E-state index contributed by atoms with van der Waals surface area (Å²) in [6, 6.07) is 9.74. The van der Waals surface area contributed by atoms with Gasteiger partial charge in [-0.25, -0.2) is 0 Å². The molecular weight excluding hydrogens is 264 g/mol. The van der Waals surface area contributed by atoms with E-state index in [1.54, 1.807) is 0 Å². The van der Waals surface area contributed by atoms with Gasteiger partial charge in [0.05, 0.1) is 6.10 Å². The summed E-state index contributed by atoms with van der Waals surface area (Å²) in [4.78, 5) is 0. The molecule has 110 valence electrons. The Kier molecular flexibility index (Phi) is 3.38. The first-order valence-electron chi connectivity index (χ1n) is 7.21. The van der Waals surface area contributed by atoms with E-state index < -0.39 is 6.10 Å². The van der Waals surface area contributed by atoms with E-state index in [4.69, 9.17) is 4.74 Å². The third-order valence-electron chi connectivity index (χ3n) is 4.12. The zero-order valence-electron chi connectivity index (χ0n) is 12.6. The van der Waals surface area contributed by atoms with Gasteiger partial charge in [-0.15, -0.1) is 0 Å². The Morgan fingerprint density at radius 1 is 1.05 bits per heavy atom. The van der Waals surface area contributed by atoms with Crippen molar-refractivity contribution in [2.75, 3.05) is 0 Å². The lowest BCUT2D eigenvalue weighted by Gasteiger charge is -2.30. The molecule has 0 aliphatic carbocycles. The van der Waals surface area contributed by atoms with Crippen molar-refractivity contribution in [2.45, 2.75) is 39.4 Å². The van der Waals surface area contributed by atoms with Crippen LogP contribution >= 0.6 is 0 Å². The molecule has 1 aliphatic heterocycles. The highest BCUT2D eigenvalue weighted by molar-refractivity contribution is 5.45. The number of phenolic OH excluding ortho intramolecular Hbond substituents is 1. The Morgan fingerprint density at radius 2 is 1.71 bits per heavy atom. The van der Waals surface area contributed by atoms with Gasteiger partial charge in [-0.05, 0) is 61.7 Å². The van der Waals surface area contributed by atoms with Crippen molar-refractivity contribution >= 4 is 0 Å². The molecule has 0 fully saturated rings. The number of aliphatic hydroxyl groups is 1. The summed E-state index contributed by atoms with van der Waals surface area (Å²) in [5.74, 6) is 1.07. The number of hydrogen-bond donors (Lipinski definition) is 2. The number of aliphatic hydroxyl groups excluding tert-OH is 1. The molecule has 2 unspecified atom stereocenters. The number of hydrogen-bond acceptors (Lipinski definition) is 3. The summed E-state index contributed by atoms with van der Waals surface area (Å²) in [7, 11) is 0. The van der Waals surface area contributed by atoms with Crippen LogP contribution in [0.3, 0.4) is 0 Å². The molecule has 0 aromatic heterocycles. The van der Waals surface area contributed by atoms with Crippen LogP contribution in [0.1, 0.15) is 46.4 Å². The highest BCUT2D eigenvalue weighted by Gasteiger charge is 2.28. The van der Waals surface area contributed by atoms with E-state index in [1.807, 2.05) is 51.1 Å². The normalized spacial score (nSPS) is 20.8. The van der Waals surface area contributed by atoms with Gasteiger partial charge in [0.2, 0.25) is 0 Å². The fourth-order valence-electron chi connectivity index (χ4n) is 2.95. The molecule has 0 radical (unpaired) electrons. The molecule has 21 heavy (non-hydrogen) atoms. The first-order valence-corrected chi connectivity index (χ1v) is 7.21. The Bertz CT molecular complexity index is 668. The van der Waals surface area contributed by atoms with Crippen LogP contribution in [-0.2, 0) is 0 Å². The van der Waals surface area contributed by atoms with Crippen LogP contribution in [0.25, 0.3) is 0 Å². The van der Waals surface area contributed by atoms with E-state index in [0.717, 1.165) is 33.6 Å². The van der Waals surface area contributed by atoms with Crippen molar-refractivity contribution in [1.82, 2.24) is 0 Å². The van der Waals surface area contributed by atoms with Crippen molar-refractivity contribution in [1.29, 1.82) is 0 Å². The molecule has 1 aliphatic rings. The third-order valence-corrected chi connectivity index (χ3v) is 4.12. The minimum absolute atomic E-state index is 0.187. The highest BCUT2D eigenvalue weighted by atomic mass is 16.5. The molecule has 0 amide bonds. The standard InChI is InChI=1S/C18H20O3/c1-10-4-5-16-14(6-10)15(19)9-17(21-16)13-7-11(2)18(20)12(3)8-13/h4-8,15,17,19-20H,9H2,1-3H3. The van der Waals surface area contributed by atoms with Crippen LogP contribution in [0.4, 0.5) is 0 Å². The Labute approximate surface area is 124 Å². The van der Waals surface area contributed by atoms with Gasteiger partial charge in [0.25, 0.3) is 0 Å². The van der Waals surface area contributed by atoms with Crippen molar-refractivity contribution in [2.24, 2.45) is 0 Å². The summed E-state index contributed by atoms with van der Waals surface area (Å²) >= 11 is 0. The minimum atomic E-state index is -0.520. The van der Waals surface area contributed by atoms with E-state index in [-0.39, 0.29) is 6.10 Å². The molecule has 2 aromatic carbocycles. The fraction of sp³-hybridized carbons (Fsp3) is 0.333. The van der Waals surface area contributed by atoms with Gasteiger partial charge in [-0.3, -0.25) is 0 Å². The van der Waals surface area contributed by atoms with Gasteiger partial charge < -0.3 is 14.9 Å². The van der Waals surface area contributed by atoms with E-state index >= 15 is 0 Å². The average Bonchev–Trinajstić information content (AvgIpc) is 2.44. The van der Waals surface area contributed by atoms with Gasteiger partial charge >= 0.3 is 0 Å². The topological polar surface area (TPSA) is 49.7 Å². The lowest BCUT2D eigenvalue weighted by atomic mass is 9.92. The predicted octanol–water partition coefficient (Wildman–Crippen LogP) is 3.87. The predicted molar refractivity (Wildman–Crippen MR) is 81.7 cm³/mol. The smallest absolute Gasteiger partial charge is 0.127 e. The van der Waals surface area contributed by atoms with Crippen LogP contribution in [0.15, 0.2) is 30.3 Å². The van der Waals surface area contributed by atoms with Gasteiger partial charge in [-0.1, -0.05) is 11.6 Å². The second-order valence-electron chi connectivity index (χ2n) is 5.90. The van der Waals surface area contributed by atoms with Crippen molar-refractivity contribution in [3.05, 3.63) is 58.1 Å². The third kappa shape index (κ3) is 2.49. The summed E-state index contributed by atoms with van der Waals surface area (Å²) in [6.45, 7) is 5.76. The zero-order chi connectivity index (χ0) is 15.1. The van der Waals surface area contributed by atoms with Gasteiger partial charge in [0.1, 0.15) is 17.6 Å². The summed E-state index contributed by atoms with van der Waals surface area (Å²) in [5.41, 5.74) is 4.63. The van der Waals surface area contributed by atoms with Crippen LogP contribution in [0.2, 0.25) is 0 Å². The molecule has 3 heteroatoms. The van der Waals surface area contributed by atoms with Crippen LogP contribution < -0.4 is 4.74 Å².